The lowest BCUT2D eigenvalue weighted by molar-refractivity contribution is -0.129. The SMILES string of the molecule is CC(C)C1=C(O)C(=O)N(CCCn2ccnc2)C1c1cccc(O)c1. The Hall–Kier alpha value is -2.76. The summed E-state index contributed by atoms with van der Waals surface area (Å²) < 4.78 is 1.96. The molecule has 6 heteroatoms. The molecule has 2 heterocycles. The Labute approximate surface area is 147 Å². The van der Waals surface area contributed by atoms with Crippen molar-refractivity contribution in [3.63, 3.8) is 0 Å². The Morgan fingerprint density at radius 3 is 2.68 bits per heavy atom. The first-order valence-electron chi connectivity index (χ1n) is 8.47. The van der Waals surface area contributed by atoms with Gasteiger partial charge in [0.15, 0.2) is 5.76 Å². The molecule has 2 N–H and O–H groups in total. The van der Waals surface area contributed by atoms with Crippen LogP contribution in [0.3, 0.4) is 0 Å². The summed E-state index contributed by atoms with van der Waals surface area (Å²) in [7, 11) is 0. The van der Waals surface area contributed by atoms with E-state index < -0.39 is 0 Å². The van der Waals surface area contributed by atoms with Gasteiger partial charge in [-0.1, -0.05) is 26.0 Å². The number of hydrogen-bond donors (Lipinski definition) is 2. The molecule has 0 radical (unpaired) electrons. The van der Waals surface area contributed by atoms with Crippen molar-refractivity contribution >= 4 is 5.91 Å². The zero-order valence-corrected chi connectivity index (χ0v) is 14.5. The highest BCUT2D eigenvalue weighted by atomic mass is 16.3. The molecule has 1 aromatic carbocycles. The summed E-state index contributed by atoms with van der Waals surface area (Å²) in [5.41, 5.74) is 1.52. The van der Waals surface area contributed by atoms with Crippen molar-refractivity contribution in [1.82, 2.24) is 14.5 Å². The maximum Gasteiger partial charge on any atom is 0.289 e. The van der Waals surface area contributed by atoms with Gasteiger partial charge in [0.2, 0.25) is 0 Å². The zero-order chi connectivity index (χ0) is 18.0. The Kier molecular flexibility index (Phi) is 4.79. The summed E-state index contributed by atoms with van der Waals surface area (Å²) >= 11 is 0. The molecule has 0 spiro atoms. The van der Waals surface area contributed by atoms with Gasteiger partial charge in [-0.25, -0.2) is 4.98 Å². The molecule has 132 valence electrons. The van der Waals surface area contributed by atoms with E-state index in [2.05, 4.69) is 4.98 Å². The van der Waals surface area contributed by atoms with Gasteiger partial charge < -0.3 is 19.7 Å². The maximum atomic E-state index is 12.6. The van der Waals surface area contributed by atoms with Crippen LogP contribution >= 0.6 is 0 Å². The van der Waals surface area contributed by atoms with Crippen molar-refractivity contribution in [2.24, 2.45) is 5.92 Å². The molecule has 1 atom stereocenters. The molecule has 3 rings (SSSR count). The van der Waals surface area contributed by atoms with E-state index in [0.717, 1.165) is 18.5 Å². The number of hydrogen-bond acceptors (Lipinski definition) is 4. The van der Waals surface area contributed by atoms with Crippen LogP contribution in [-0.4, -0.2) is 37.1 Å². The highest BCUT2D eigenvalue weighted by Crippen LogP contribution is 2.41. The summed E-state index contributed by atoms with van der Waals surface area (Å²) in [6.07, 6.45) is 6.10. The highest BCUT2D eigenvalue weighted by Gasteiger charge is 2.41. The third-order valence-corrected chi connectivity index (χ3v) is 4.53. The van der Waals surface area contributed by atoms with Gasteiger partial charge in [0.05, 0.1) is 12.4 Å². The predicted octanol–water partition coefficient (Wildman–Crippen LogP) is 3.03. The van der Waals surface area contributed by atoms with Crippen LogP contribution in [0.25, 0.3) is 0 Å². The third kappa shape index (κ3) is 3.38. The van der Waals surface area contributed by atoms with Gasteiger partial charge in [0.1, 0.15) is 5.75 Å². The standard InChI is InChI=1S/C19H23N3O3/c1-13(2)16-17(14-5-3-6-15(23)11-14)22(19(25)18(16)24)9-4-8-21-10-7-20-12-21/h3,5-7,10-13,17,23-24H,4,8-9H2,1-2H3. The van der Waals surface area contributed by atoms with E-state index in [-0.39, 0.29) is 29.4 Å². The van der Waals surface area contributed by atoms with Crippen LogP contribution in [0.1, 0.15) is 31.9 Å². The van der Waals surface area contributed by atoms with Crippen LogP contribution in [-0.2, 0) is 11.3 Å². The molecular formula is C19H23N3O3. The number of aromatic hydroxyl groups is 1. The van der Waals surface area contributed by atoms with Gasteiger partial charge in [-0.15, -0.1) is 0 Å². The van der Waals surface area contributed by atoms with E-state index in [1.165, 1.54) is 0 Å². The number of aliphatic hydroxyl groups excluding tert-OH is 1. The monoisotopic (exact) mass is 341 g/mol. The van der Waals surface area contributed by atoms with Crippen LogP contribution in [0.15, 0.2) is 54.3 Å². The van der Waals surface area contributed by atoms with Crippen molar-refractivity contribution < 1.29 is 15.0 Å². The number of rotatable bonds is 6. The van der Waals surface area contributed by atoms with Crippen molar-refractivity contribution in [1.29, 1.82) is 0 Å². The van der Waals surface area contributed by atoms with Crippen LogP contribution < -0.4 is 0 Å². The van der Waals surface area contributed by atoms with Crippen LogP contribution in [0.5, 0.6) is 5.75 Å². The van der Waals surface area contributed by atoms with E-state index >= 15 is 0 Å². The number of nitrogens with zero attached hydrogens (tertiary/aromatic N) is 3. The predicted molar refractivity (Wildman–Crippen MR) is 93.9 cm³/mol. The van der Waals surface area contributed by atoms with Gasteiger partial charge >= 0.3 is 0 Å². The second-order valence-corrected chi connectivity index (χ2v) is 6.61. The first-order valence-corrected chi connectivity index (χ1v) is 8.47. The number of aliphatic hydroxyl groups is 1. The second-order valence-electron chi connectivity index (χ2n) is 6.61. The van der Waals surface area contributed by atoms with Gasteiger partial charge in [0.25, 0.3) is 5.91 Å². The molecule has 1 aliphatic heterocycles. The van der Waals surface area contributed by atoms with Crippen LogP contribution in [0, 0.1) is 5.92 Å². The average Bonchev–Trinajstić information content (AvgIpc) is 3.16. The van der Waals surface area contributed by atoms with Crippen molar-refractivity contribution in [2.75, 3.05) is 6.54 Å². The van der Waals surface area contributed by atoms with Crippen molar-refractivity contribution in [2.45, 2.75) is 32.9 Å². The highest BCUT2D eigenvalue weighted by molar-refractivity contribution is 5.95. The quantitative estimate of drug-likeness (QED) is 0.846. The lowest BCUT2D eigenvalue weighted by Crippen LogP contribution is -2.32. The molecule has 0 fully saturated rings. The molecule has 1 aliphatic rings. The van der Waals surface area contributed by atoms with E-state index in [0.29, 0.717) is 12.1 Å². The number of aromatic nitrogens is 2. The molecule has 0 saturated carbocycles. The minimum Gasteiger partial charge on any atom is -0.508 e. The molecule has 2 aromatic rings. The third-order valence-electron chi connectivity index (χ3n) is 4.53. The Balaban J connectivity index is 1.85. The summed E-state index contributed by atoms with van der Waals surface area (Å²) in [5, 5.41) is 20.2. The van der Waals surface area contributed by atoms with E-state index in [1.54, 1.807) is 35.6 Å². The Bertz CT molecular complexity index is 781. The minimum absolute atomic E-state index is 0.0231. The van der Waals surface area contributed by atoms with Crippen LogP contribution in [0.4, 0.5) is 0 Å². The second kappa shape index (κ2) is 7.01. The first kappa shape index (κ1) is 17.1. The number of phenolic OH excluding ortho intramolecular Hbond substituents is 1. The molecule has 0 saturated heterocycles. The molecule has 1 unspecified atom stereocenters. The first-order chi connectivity index (χ1) is 12.0. The number of phenols is 1. The number of aryl methyl sites for hydroxylation is 1. The summed E-state index contributed by atoms with van der Waals surface area (Å²) in [6.45, 7) is 5.18. The normalized spacial score (nSPS) is 17.8. The van der Waals surface area contributed by atoms with Gasteiger partial charge in [-0.3, -0.25) is 4.79 Å². The fraction of sp³-hybridized carbons (Fsp3) is 0.368. The fourth-order valence-corrected chi connectivity index (χ4v) is 3.39. The number of imidazole rings is 1. The summed E-state index contributed by atoms with van der Waals surface area (Å²) in [5.74, 6) is -0.332. The smallest absolute Gasteiger partial charge is 0.289 e. The van der Waals surface area contributed by atoms with Crippen molar-refractivity contribution in [3.8, 4) is 5.75 Å². The average molecular weight is 341 g/mol. The summed E-state index contributed by atoms with van der Waals surface area (Å²) in [4.78, 5) is 18.3. The number of benzene rings is 1. The minimum atomic E-state index is -0.345. The molecular weight excluding hydrogens is 318 g/mol. The molecule has 1 amide bonds. The number of carbonyl (C=O) groups excluding carboxylic acids is 1. The fourth-order valence-electron chi connectivity index (χ4n) is 3.39. The number of carbonyl (C=O) groups is 1. The maximum absolute atomic E-state index is 12.6. The van der Waals surface area contributed by atoms with Gasteiger partial charge in [-0.2, -0.15) is 0 Å². The summed E-state index contributed by atoms with van der Waals surface area (Å²) in [6, 6.07) is 6.54. The van der Waals surface area contributed by atoms with Crippen LogP contribution in [0.2, 0.25) is 0 Å². The molecule has 6 nitrogen and oxygen atoms in total. The lowest BCUT2D eigenvalue weighted by Gasteiger charge is -2.28. The van der Waals surface area contributed by atoms with E-state index in [4.69, 9.17) is 0 Å². The van der Waals surface area contributed by atoms with Crippen molar-refractivity contribution in [3.05, 3.63) is 59.9 Å². The molecule has 0 aliphatic carbocycles. The molecule has 25 heavy (non-hydrogen) atoms. The Morgan fingerprint density at radius 2 is 2.04 bits per heavy atom. The van der Waals surface area contributed by atoms with Gasteiger partial charge in [0, 0.05) is 31.1 Å². The topological polar surface area (TPSA) is 78.6 Å². The number of amides is 1. The largest absolute Gasteiger partial charge is 0.508 e. The Morgan fingerprint density at radius 1 is 1.24 bits per heavy atom. The lowest BCUT2D eigenvalue weighted by atomic mass is 9.91. The van der Waals surface area contributed by atoms with E-state index in [1.807, 2.05) is 30.7 Å². The van der Waals surface area contributed by atoms with E-state index in [9.17, 15) is 15.0 Å². The zero-order valence-electron chi connectivity index (χ0n) is 14.5. The molecule has 1 aromatic heterocycles. The molecule has 0 bridgehead atoms. The van der Waals surface area contributed by atoms with Gasteiger partial charge in [-0.05, 0) is 30.0 Å².